The third-order valence-corrected chi connectivity index (χ3v) is 2.77. The lowest BCUT2D eigenvalue weighted by molar-refractivity contribution is 0.209. The van der Waals surface area contributed by atoms with Gasteiger partial charge in [-0.3, -0.25) is 9.97 Å². The molecule has 0 saturated heterocycles. The predicted octanol–water partition coefficient (Wildman–Crippen LogP) is 2.87. The highest BCUT2D eigenvalue weighted by molar-refractivity contribution is 7.33. The smallest absolute Gasteiger partial charge is 0.259 e. The van der Waals surface area contributed by atoms with E-state index in [0.717, 1.165) is 0 Å². The standard InChI is InChI=1S/C12H12N2O3P/c15-18(16-9-11-5-1-3-7-13-11)17-10-12-6-2-4-8-14-12/h1-8H,9-10H2/q+1. The van der Waals surface area contributed by atoms with Gasteiger partial charge in [-0.2, -0.15) is 0 Å². The van der Waals surface area contributed by atoms with Gasteiger partial charge >= 0.3 is 8.25 Å². The second-order valence-electron chi connectivity index (χ2n) is 3.41. The van der Waals surface area contributed by atoms with Gasteiger partial charge in [-0.15, -0.1) is 9.05 Å². The van der Waals surface area contributed by atoms with Crippen molar-refractivity contribution in [1.29, 1.82) is 0 Å². The molecule has 0 atom stereocenters. The SMILES string of the molecule is O=[P+](OCc1ccccn1)OCc1ccccn1. The van der Waals surface area contributed by atoms with Crippen LogP contribution in [0.5, 0.6) is 0 Å². The second kappa shape index (κ2) is 6.91. The lowest BCUT2D eigenvalue weighted by atomic mass is 10.4. The van der Waals surface area contributed by atoms with E-state index in [1.165, 1.54) is 0 Å². The number of nitrogens with zero attached hydrogens (tertiary/aromatic N) is 2. The molecule has 2 aromatic heterocycles. The van der Waals surface area contributed by atoms with E-state index in [1.54, 1.807) is 36.7 Å². The van der Waals surface area contributed by atoms with Crippen LogP contribution in [0.3, 0.4) is 0 Å². The summed E-state index contributed by atoms with van der Waals surface area (Å²) in [4.78, 5) is 8.10. The number of rotatable bonds is 6. The van der Waals surface area contributed by atoms with Crippen LogP contribution in [-0.4, -0.2) is 9.97 Å². The first kappa shape index (κ1) is 12.8. The Kier molecular flexibility index (Phi) is 4.90. The summed E-state index contributed by atoms with van der Waals surface area (Å²) in [5.74, 6) is 0. The minimum atomic E-state index is -2.16. The van der Waals surface area contributed by atoms with Gasteiger partial charge in [0.1, 0.15) is 13.2 Å². The minimum Gasteiger partial charge on any atom is -0.259 e. The lowest BCUT2D eigenvalue weighted by Gasteiger charge is -1.94. The molecule has 18 heavy (non-hydrogen) atoms. The quantitative estimate of drug-likeness (QED) is 0.750. The van der Waals surface area contributed by atoms with Gasteiger partial charge in [-0.1, -0.05) is 12.1 Å². The Morgan fingerprint density at radius 3 is 1.78 bits per heavy atom. The molecule has 5 nitrogen and oxygen atoms in total. The highest BCUT2D eigenvalue weighted by atomic mass is 31.1. The van der Waals surface area contributed by atoms with Gasteiger partial charge in [0.05, 0.1) is 11.4 Å². The van der Waals surface area contributed by atoms with Gasteiger partial charge in [0.25, 0.3) is 0 Å². The third kappa shape index (κ3) is 4.30. The highest BCUT2D eigenvalue weighted by Crippen LogP contribution is 2.26. The minimum absolute atomic E-state index is 0.165. The Morgan fingerprint density at radius 1 is 0.889 bits per heavy atom. The zero-order valence-corrected chi connectivity index (χ0v) is 10.5. The summed E-state index contributed by atoms with van der Waals surface area (Å²) in [5.41, 5.74) is 1.42. The zero-order chi connectivity index (χ0) is 12.6. The second-order valence-corrected chi connectivity index (χ2v) is 4.38. The fourth-order valence-corrected chi connectivity index (χ4v) is 1.79. The van der Waals surface area contributed by atoms with Crippen molar-refractivity contribution in [2.24, 2.45) is 0 Å². The maximum Gasteiger partial charge on any atom is 0.698 e. The van der Waals surface area contributed by atoms with Crippen LogP contribution in [0.4, 0.5) is 0 Å². The topological polar surface area (TPSA) is 61.3 Å². The van der Waals surface area contributed by atoms with E-state index in [-0.39, 0.29) is 13.2 Å². The van der Waals surface area contributed by atoms with Crippen molar-refractivity contribution in [3.8, 4) is 0 Å². The normalized spacial score (nSPS) is 10.2. The van der Waals surface area contributed by atoms with E-state index in [4.69, 9.17) is 9.05 Å². The molecule has 0 spiro atoms. The first-order chi connectivity index (χ1) is 8.84. The molecule has 92 valence electrons. The largest absolute Gasteiger partial charge is 0.698 e. The van der Waals surface area contributed by atoms with Gasteiger partial charge in [0, 0.05) is 17.0 Å². The monoisotopic (exact) mass is 263 g/mol. The van der Waals surface area contributed by atoms with Gasteiger partial charge in [-0.25, -0.2) is 0 Å². The van der Waals surface area contributed by atoms with Crippen LogP contribution in [0.25, 0.3) is 0 Å². The molecule has 0 aromatic carbocycles. The first-order valence-electron chi connectivity index (χ1n) is 5.37. The first-order valence-corrected chi connectivity index (χ1v) is 6.47. The summed E-state index contributed by atoms with van der Waals surface area (Å²) >= 11 is 0. The van der Waals surface area contributed by atoms with Gasteiger partial charge < -0.3 is 0 Å². The van der Waals surface area contributed by atoms with E-state index in [9.17, 15) is 4.57 Å². The molecule has 6 heteroatoms. The molecule has 2 rings (SSSR count). The third-order valence-electron chi connectivity index (χ3n) is 2.09. The summed E-state index contributed by atoms with van der Waals surface area (Å²) in [6.07, 6.45) is 3.31. The van der Waals surface area contributed by atoms with Gasteiger partial charge in [0.15, 0.2) is 0 Å². The van der Waals surface area contributed by atoms with E-state index < -0.39 is 8.25 Å². The molecule has 0 radical (unpaired) electrons. The Hall–Kier alpha value is -1.68. The molecular formula is C12H12N2O3P+. The maximum absolute atomic E-state index is 11.4. The van der Waals surface area contributed by atoms with Crippen molar-refractivity contribution in [1.82, 2.24) is 9.97 Å². The van der Waals surface area contributed by atoms with Crippen LogP contribution < -0.4 is 0 Å². The number of aromatic nitrogens is 2. The van der Waals surface area contributed by atoms with E-state index in [1.807, 2.05) is 12.1 Å². The van der Waals surface area contributed by atoms with Crippen molar-refractivity contribution in [3.05, 3.63) is 60.2 Å². The molecule has 0 amide bonds. The lowest BCUT2D eigenvalue weighted by Crippen LogP contribution is -1.93. The fourth-order valence-electron chi connectivity index (χ4n) is 1.24. The Bertz CT molecular complexity index is 448. The van der Waals surface area contributed by atoms with Crippen molar-refractivity contribution < 1.29 is 13.6 Å². The van der Waals surface area contributed by atoms with Crippen molar-refractivity contribution in [2.45, 2.75) is 13.2 Å². The maximum atomic E-state index is 11.4. The molecule has 0 N–H and O–H groups in total. The molecule has 2 aromatic rings. The Balaban J connectivity index is 1.73. The van der Waals surface area contributed by atoms with Crippen LogP contribution in [0, 0.1) is 0 Å². The van der Waals surface area contributed by atoms with Crippen LogP contribution in [0.15, 0.2) is 48.8 Å². The van der Waals surface area contributed by atoms with Gasteiger partial charge in [-0.05, 0) is 24.3 Å². The van der Waals surface area contributed by atoms with Gasteiger partial charge in [0.2, 0.25) is 0 Å². The summed E-state index contributed by atoms with van der Waals surface area (Å²) in [7, 11) is -2.16. The summed E-state index contributed by atoms with van der Waals surface area (Å²) in [6, 6.07) is 10.9. The van der Waals surface area contributed by atoms with Crippen molar-refractivity contribution in [2.75, 3.05) is 0 Å². The summed E-state index contributed by atoms with van der Waals surface area (Å²) < 4.78 is 21.5. The van der Waals surface area contributed by atoms with E-state index in [2.05, 4.69) is 9.97 Å². The highest BCUT2D eigenvalue weighted by Gasteiger charge is 2.21. The molecule has 0 aliphatic rings. The van der Waals surface area contributed by atoms with Crippen LogP contribution in [0.1, 0.15) is 11.4 Å². The average Bonchev–Trinajstić information content (AvgIpc) is 2.45. The number of hydrogen-bond donors (Lipinski definition) is 0. The predicted molar refractivity (Wildman–Crippen MR) is 65.7 cm³/mol. The van der Waals surface area contributed by atoms with Crippen LogP contribution in [-0.2, 0) is 26.8 Å². The molecule has 0 bridgehead atoms. The van der Waals surface area contributed by atoms with E-state index in [0.29, 0.717) is 11.4 Å². The van der Waals surface area contributed by atoms with Crippen LogP contribution >= 0.6 is 8.25 Å². The molecule has 0 aliphatic carbocycles. The van der Waals surface area contributed by atoms with Crippen molar-refractivity contribution in [3.63, 3.8) is 0 Å². The van der Waals surface area contributed by atoms with Crippen molar-refractivity contribution >= 4 is 8.25 Å². The Labute approximate surface area is 106 Å². The fraction of sp³-hybridized carbons (Fsp3) is 0.167. The zero-order valence-electron chi connectivity index (χ0n) is 9.60. The number of pyridine rings is 2. The molecule has 0 unspecified atom stereocenters. The Morgan fingerprint density at radius 2 is 1.39 bits per heavy atom. The van der Waals surface area contributed by atoms with Crippen LogP contribution in [0.2, 0.25) is 0 Å². The van der Waals surface area contributed by atoms with E-state index >= 15 is 0 Å². The average molecular weight is 263 g/mol. The summed E-state index contributed by atoms with van der Waals surface area (Å²) in [5, 5.41) is 0. The molecular weight excluding hydrogens is 251 g/mol. The molecule has 0 fully saturated rings. The summed E-state index contributed by atoms with van der Waals surface area (Å²) in [6.45, 7) is 0.330. The molecule has 0 saturated carbocycles. The molecule has 2 heterocycles. The number of hydrogen-bond acceptors (Lipinski definition) is 5. The molecule has 0 aliphatic heterocycles.